The molecule has 3 amide bonds. The summed E-state index contributed by atoms with van der Waals surface area (Å²) in [7, 11) is 0. The lowest BCUT2D eigenvalue weighted by Crippen LogP contribution is -2.59. The molecule has 2 heterocycles. The number of ether oxygens (including phenoxy) is 2. The number of benzene rings is 1. The SMILES string of the molecule is CC(=O)O[C@H](C)c1ccc2ccc(/C=C/C3(C(=O)NC(C(=O)N[C@@H](C)C(=O)N4CCC[C@@H](C(=O)OCC(Cl)(Cl)Cl)N4)=C(C)C)CCC(F)(F)CC3)cc2n1. The van der Waals surface area contributed by atoms with Crippen LogP contribution in [0.15, 0.2) is 47.7 Å². The molecule has 0 unspecified atom stereocenters. The molecule has 1 aromatic heterocycles. The Hall–Kier alpha value is -3.85. The van der Waals surface area contributed by atoms with Crippen LogP contribution in [0, 0.1) is 5.41 Å². The van der Waals surface area contributed by atoms with Gasteiger partial charge in [-0.3, -0.25) is 29.0 Å². The predicted molar refractivity (Wildman–Crippen MR) is 200 cm³/mol. The molecule has 1 aromatic carbocycles. The van der Waals surface area contributed by atoms with Crippen molar-refractivity contribution in [3.05, 3.63) is 58.9 Å². The average molecular weight is 815 g/mol. The maximum atomic E-state index is 14.4. The quantitative estimate of drug-likeness (QED) is 0.133. The number of fused-ring (bicyclic) bond motifs is 1. The highest BCUT2D eigenvalue weighted by atomic mass is 35.6. The van der Waals surface area contributed by atoms with Crippen molar-refractivity contribution in [2.24, 2.45) is 5.41 Å². The van der Waals surface area contributed by atoms with Crippen LogP contribution in [-0.4, -0.2) is 74.6 Å². The molecule has 17 heteroatoms. The van der Waals surface area contributed by atoms with Gasteiger partial charge in [0, 0.05) is 31.7 Å². The van der Waals surface area contributed by atoms with Crippen LogP contribution in [0.5, 0.6) is 0 Å². The summed E-state index contributed by atoms with van der Waals surface area (Å²) in [5.74, 6) is -6.08. The monoisotopic (exact) mass is 813 g/mol. The molecule has 0 bridgehead atoms. The second-order valence-electron chi connectivity index (χ2n) is 13.8. The minimum Gasteiger partial charge on any atom is -0.460 e. The van der Waals surface area contributed by atoms with Crippen molar-refractivity contribution in [1.82, 2.24) is 26.1 Å². The Morgan fingerprint density at radius 1 is 1.06 bits per heavy atom. The van der Waals surface area contributed by atoms with Gasteiger partial charge in [-0.05, 0) is 76.6 Å². The van der Waals surface area contributed by atoms with Crippen LogP contribution >= 0.6 is 34.8 Å². The van der Waals surface area contributed by atoms with Crippen molar-refractivity contribution >= 4 is 81.4 Å². The van der Waals surface area contributed by atoms with Gasteiger partial charge < -0.3 is 20.1 Å². The van der Waals surface area contributed by atoms with E-state index >= 15 is 0 Å². The van der Waals surface area contributed by atoms with Gasteiger partial charge in [-0.2, -0.15) is 0 Å². The highest BCUT2D eigenvalue weighted by Crippen LogP contribution is 2.45. The van der Waals surface area contributed by atoms with Crippen molar-refractivity contribution in [3.63, 3.8) is 0 Å². The first-order valence-electron chi connectivity index (χ1n) is 17.4. The van der Waals surface area contributed by atoms with Gasteiger partial charge in [0.05, 0.1) is 16.6 Å². The van der Waals surface area contributed by atoms with E-state index in [0.29, 0.717) is 35.2 Å². The molecule has 54 heavy (non-hydrogen) atoms. The Morgan fingerprint density at radius 3 is 2.35 bits per heavy atom. The predicted octanol–water partition coefficient (Wildman–Crippen LogP) is 6.39. The number of nitrogens with zero attached hydrogens (tertiary/aromatic N) is 2. The molecule has 1 saturated heterocycles. The lowest BCUT2D eigenvalue weighted by molar-refractivity contribution is -0.152. The van der Waals surface area contributed by atoms with E-state index in [-0.39, 0.29) is 25.1 Å². The number of nitrogens with one attached hydrogen (secondary N) is 3. The summed E-state index contributed by atoms with van der Waals surface area (Å²) in [5.41, 5.74) is 3.47. The number of rotatable bonds is 11. The summed E-state index contributed by atoms with van der Waals surface area (Å²) >= 11 is 17.0. The summed E-state index contributed by atoms with van der Waals surface area (Å²) in [6.45, 7) is 7.42. The second-order valence-corrected chi connectivity index (χ2v) is 16.4. The maximum Gasteiger partial charge on any atom is 0.325 e. The van der Waals surface area contributed by atoms with E-state index in [1.165, 1.54) is 18.9 Å². The molecule has 0 spiro atoms. The van der Waals surface area contributed by atoms with E-state index in [4.69, 9.17) is 44.3 Å². The third-order valence-electron chi connectivity index (χ3n) is 9.22. The number of carbonyl (C=O) groups is 5. The molecule has 12 nitrogen and oxygen atoms in total. The maximum absolute atomic E-state index is 14.4. The van der Waals surface area contributed by atoms with Crippen molar-refractivity contribution in [1.29, 1.82) is 0 Å². The van der Waals surface area contributed by atoms with Crippen molar-refractivity contribution < 1.29 is 42.2 Å². The summed E-state index contributed by atoms with van der Waals surface area (Å²) in [6.07, 6.45) is 2.05. The number of allylic oxidation sites excluding steroid dienone is 1. The molecule has 0 radical (unpaired) electrons. The van der Waals surface area contributed by atoms with Crippen molar-refractivity contribution in [3.8, 4) is 0 Å². The third-order valence-corrected chi connectivity index (χ3v) is 9.54. The molecule has 1 aliphatic carbocycles. The molecule has 2 fully saturated rings. The van der Waals surface area contributed by atoms with Crippen LogP contribution in [0.25, 0.3) is 17.0 Å². The molecule has 2 aromatic rings. The minimum atomic E-state index is -2.95. The Bertz CT molecular complexity index is 1820. The Balaban J connectivity index is 1.49. The molecular weight excluding hydrogens is 771 g/mol. The molecular formula is C37H44Cl3F2N5O7. The second kappa shape index (κ2) is 17.7. The van der Waals surface area contributed by atoms with Crippen LogP contribution in [0.4, 0.5) is 8.78 Å². The Labute approximate surface area is 327 Å². The summed E-state index contributed by atoms with van der Waals surface area (Å²) in [6, 6.07) is 7.02. The highest BCUT2D eigenvalue weighted by molar-refractivity contribution is 6.67. The molecule has 2 aliphatic rings. The molecule has 1 saturated carbocycles. The standard InChI is InChI=1S/C37H44Cl3F2N5O7/c1-21(2)30(31(49)43-22(3)32(50)47-18-6-7-28(46-47)33(51)53-20-37(38,39)40)45-34(52)35(14-16-36(41,42)17-15-35)13-12-25-8-9-26-10-11-27(44-29(26)19-25)23(4)54-24(5)48/h8-13,19,22-23,28,46H,6-7,14-18,20H2,1-5H3,(H,43,49)(H,45,52)/b13-12+/t22-,23+,28-/m0/s1. The van der Waals surface area contributed by atoms with Gasteiger partial charge in [-0.15, -0.1) is 0 Å². The van der Waals surface area contributed by atoms with Gasteiger partial charge in [0.15, 0.2) is 0 Å². The van der Waals surface area contributed by atoms with Crippen LogP contribution in [0.1, 0.15) is 90.5 Å². The number of hydrogen-bond acceptors (Lipinski definition) is 9. The van der Waals surface area contributed by atoms with E-state index < -0.39 is 82.4 Å². The van der Waals surface area contributed by atoms with Crippen LogP contribution in [-0.2, 0) is 33.4 Å². The lowest BCUT2D eigenvalue weighted by Gasteiger charge is -2.37. The number of pyridine rings is 1. The summed E-state index contributed by atoms with van der Waals surface area (Å²) in [5, 5.41) is 7.28. The number of hydrogen-bond donors (Lipinski definition) is 3. The number of amides is 3. The number of halogens is 5. The summed E-state index contributed by atoms with van der Waals surface area (Å²) < 4.78 is 37.3. The van der Waals surface area contributed by atoms with E-state index in [2.05, 4.69) is 21.0 Å². The van der Waals surface area contributed by atoms with Gasteiger partial charge in [0.2, 0.25) is 15.6 Å². The molecule has 3 N–H and O–H groups in total. The van der Waals surface area contributed by atoms with Crippen LogP contribution in [0.2, 0.25) is 0 Å². The van der Waals surface area contributed by atoms with Gasteiger partial charge in [-0.25, -0.2) is 19.2 Å². The highest BCUT2D eigenvalue weighted by Gasteiger charge is 2.47. The zero-order valence-corrected chi connectivity index (χ0v) is 32.8. The molecule has 1 aliphatic heterocycles. The van der Waals surface area contributed by atoms with Gasteiger partial charge in [0.25, 0.3) is 11.8 Å². The smallest absolute Gasteiger partial charge is 0.325 e. The molecule has 3 atom stereocenters. The largest absolute Gasteiger partial charge is 0.460 e. The number of aromatic nitrogens is 1. The van der Waals surface area contributed by atoms with Gasteiger partial charge in [0.1, 0.15) is 30.5 Å². The van der Waals surface area contributed by atoms with E-state index in [9.17, 15) is 32.8 Å². The van der Waals surface area contributed by atoms with Crippen molar-refractivity contribution in [2.45, 2.75) is 101 Å². The zero-order chi connectivity index (χ0) is 40.0. The van der Waals surface area contributed by atoms with Gasteiger partial charge >= 0.3 is 11.9 Å². The zero-order valence-electron chi connectivity index (χ0n) is 30.6. The molecule has 4 rings (SSSR count). The minimum absolute atomic E-state index is 0.131. The average Bonchev–Trinajstić information content (AvgIpc) is 3.11. The van der Waals surface area contributed by atoms with E-state index in [1.807, 2.05) is 12.1 Å². The summed E-state index contributed by atoms with van der Waals surface area (Å²) in [4.78, 5) is 69.4. The number of carbonyl (C=O) groups excluding carboxylic acids is 5. The van der Waals surface area contributed by atoms with Crippen molar-refractivity contribution in [2.75, 3.05) is 13.2 Å². The molecule has 294 valence electrons. The normalized spacial score (nSPS) is 19.4. The fourth-order valence-electron chi connectivity index (χ4n) is 6.16. The Kier molecular flexibility index (Phi) is 14.1. The first-order valence-corrected chi connectivity index (χ1v) is 18.6. The first-order chi connectivity index (χ1) is 25.2. The number of hydrazine groups is 1. The van der Waals surface area contributed by atoms with E-state index in [0.717, 1.165) is 5.39 Å². The van der Waals surface area contributed by atoms with E-state index in [1.54, 1.807) is 51.1 Å². The Morgan fingerprint density at radius 2 is 1.72 bits per heavy atom. The number of alkyl halides is 5. The number of esters is 2. The fraction of sp³-hybridized carbons (Fsp3) is 0.514. The third kappa shape index (κ3) is 11.6. The fourth-order valence-corrected chi connectivity index (χ4v) is 6.32. The van der Waals surface area contributed by atoms with Gasteiger partial charge in [-0.1, -0.05) is 65.2 Å². The van der Waals surface area contributed by atoms with Crippen LogP contribution in [0.3, 0.4) is 0 Å². The first kappa shape index (κ1) is 42.9. The topological polar surface area (TPSA) is 156 Å². The lowest BCUT2D eigenvalue weighted by atomic mass is 9.71. The van der Waals surface area contributed by atoms with Crippen LogP contribution < -0.4 is 16.1 Å².